The zero-order chi connectivity index (χ0) is 10.7. The van der Waals surface area contributed by atoms with Gasteiger partial charge in [0.15, 0.2) is 0 Å². The summed E-state index contributed by atoms with van der Waals surface area (Å²) in [5, 5.41) is 4.01. The van der Waals surface area contributed by atoms with Crippen molar-refractivity contribution < 1.29 is 4.74 Å². The number of methoxy groups -OCH3 is 1. The lowest BCUT2D eigenvalue weighted by Gasteiger charge is -2.07. The van der Waals surface area contributed by atoms with Crippen LogP contribution in [-0.2, 0) is 6.54 Å². The lowest BCUT2D eigenvalue weighted by Crippen LogP contribution is -2.02. The highest BCUT2D eigenvalue weighted by atomic mass is 16.5. The largest absolute Gasteiger partial charge is 0.496 e. The molecule has 2 N–H and O–H groups in total. The third-order valence-electron chi connectivity index (χ3n) is 2.08. The maximum atomic E-state index is 5.43. The number of nitrogens with zero attached hydrogens (tertiary/aromatic N) is 3. The lowest BCUT2D eigenvalue weighted by atomic mass is 10.2. The van der Waals surface area contributed by atoms with E-state index in [1.807, 2.05) is 24.3 Å². The van der Waals surface area contributed by atoms with Gasteiger partial charge < -0.3 is 10.5 Å². The Kier molecular flexibility index (Phi) is 2.53. The van der Waals surface area contributed by atoms with Crippen molar-refractivity contribution in [1.29, 1.82) is 0 Å². The van der Waals surface area contributed by atoms with Crippen LogP contribution >= 0.6 is 0 Å². The van der Waals surface area contributed by atoms with E-state index in [1.165, 1.54) is 0 Å². The Morgan fingerprint density at radius 3 is 2.87 bits per heavy atom. The second-order valence-electron chi connectivity index (χ2n) is 3.11. The minimum absolute atomic E-state index is 0.282. The van der Waals surface area contributed by atoms with Crippen LogP contribution in [0.15, 0.2) is 30.6 Å². The van der Waals surface area contributed by atoms with Crippen molar-refractivity contribution in [2.75, 3.05) is 12.8 Å². The Labute approximate surface area is 87.5 Å². The summed E-state index contributed by atoms with van der Waals surface area (Å²) in [5.74, 6) is 1.12. The average Bonchev–Trinajstić information content (AvgIpc) is 2.65. The molecular formula is C10H12N4O. The molecule has 0 fully saturated rings. The fraction of sp³-hybridized carbons (Fsp3) is 0.200. The number of benzene rings is 1. The number of hydrogen-bond acceptors (Lipinski definition) is 4. The number of nitrogen functional groups attached to an aromatic ring is 1. The Balaban J connectivity index is 2.23. The minimum Gasteiger partial charge on any atom is -0.496 e. The van der Waals surface area contributed by atoms with Crippen molar-refractivity contribution in [1.82, 2.24) is 14.8 Å². The first-order valence-corrected chi connectivity index (χ1v) is 4.56. The molecule has 0 saturated heterocycles. The van der Waals surface area contributed by atoms with E-state index in [0.29, 0.717) is 6.54 Å². The van der Waals surface area contributed by atoms with Crippen LogP contribution in [0.3, 0.4) is 0 Å². The van der Waals surface area contributed by atoms with Crippen LogP contribution in [0.25, 0.3) is 0 Å². The number of ether oxygens (including phenoxy) is 1. The Hall–Kier alpha value is -2.04. The summed E-state index contributed by atoms with van der Waals surface area (Å²) < 4.78 is 6.91. The summed E-state index contributed by atoms with van der Waals surface area (Å²) in [6.07, 6.45) is 1.60. The van der Waals surface area contributed by atoms with Crippen molar-refractivity contribution >= 4 is 5.95 Å². The minimum atomic E-state index is 0.282. The number of anilines is 1. The SMILES string of the molecule is COc1ccccc1Cn1cnc(N)n1. The molecule has 5 nitrogen and oxygen atoms in total. The van der Waals surface area contributed by atoms with E-state index >= 15 is 0 Å². The second-order valence-corrected chi connectivity index (χ2v) is 3.11. The highest BCUT2D eigenvalue weighted by Gasteiger charge is 2.03. The maximum absolute atomic E-state index is 5.43. The molecule has 0 amide bonds. The first-order valence-electron chi connectivity index (χ1n) is 4.56. The molecule has 2 rings (SSSR count). The summed E-state index contributed by atoms with van der Waals surface area (Å²) in [7, 11) is 1.65. The van der Waals surface area contributed by atoms with Crippen molar-refractivity contribution in [3.8, 4) is 5.75 Å². The zero-order valence-corrected chi connectivity index (χ0v) is 8.42. The number of aromatic nitrogens is 3. The molecule has 5 heteroatoms. The Bertz CT molecular complexity index is 452. The standard InChI is InChI=1S/C10H12N4O/c1-15-9-5-3-2-4-8(9)6-14-7-12-10(11)13-14/h2-5,7H,6H2,1H3,(H2,11,13). The van der Waals surface area contributed by atoms with E-state index in [9.17, 15) is 0 Å². The summed E-state index contributed by atoms with van der Waals surface area (Å²) in [4.78, 5) is 3.86. The van der Waals surface area contributed by atoms with Gasteiger partial charge in [0.25, 0.3) is 0 Å². The van der Waals surface area contributed by atoms with Gasteiger partial charge in [0.05, 0.1) is 13.7 Å². The molecule has 2 aromatic rings. The van der Waals surface area contributed by atoms with Gasteiger partial charge >= 0.3 is 0 Å². The molecule has 0 radical (unpaired) electrons. The van der Waals surface area contributed by atoms with Gasteiger partial charge in [-0.25, -0.2) is 9.67 Å². The maximum Gasteiger partial charge on any atom is 0.239 e. The lowest BCUT2D eigenvalue weighted by molar-refractivity contribution is 0.407. The number of hydrogen-bond donors (Lipinski definition) is 1. The molecule has 78 valence electrons. The highest BCUT2D eigenvalue weighted by molar-refractivity contribution is 5.33. The molecule has 0 saturated carbocycles. The average molecular weight is 204 g/mol. The topological polar surface area (TPSA) is 66.0 Å². The van der Waals surface area contributed by atoms with Gasteiger partial charge in [-0.15, -0.1) is 5.10 Å². The number of para-hydroxylation sites is 1. The third kappa shape index (κ3) is 2.07. The predicted octanol–water partition coefficient (Wildman–Crippen LogP) is 0.917. The smallest absolute Gasteiger partial charge is 0.239 e. The van der Waals surface area contributed by atoms with Crippen molar-refractivity contribution in [2.24, 2.45) is 0 Å². The third-order valence-corrected chi connectivity index (χ3v) is 2.08. The molecule has 0 atom stereocenters. The van der Waals surface area contributed by atoms with Gasteiger partial charge in [-0.3, -0.25) is 0 Å². The van der Waals surface area contributed by atoms with Gasteiger partial charge in [-0.1, -0.05) is 18.2 Å². The molecule has 0 aliphatic rings. The number of nitrogens with two attached hydrogens (primary N) is 1. The Morgan fingerprint density at radius 1 is 1.40 bits per heavy atom. The molecular weight excluding hydrogens is 192 g/mol. The van der Waals surface area contributed by atoms with Crippen LogP contribution in [0, 0.1) is 0 Å². The van der Waals surface area contributed by atoms with Gasteiger partial charge in [0.2, 0.25) is 5.95 Å². The van der Waals surface area contributed by atoms with Gasteiger partial charge in [0, 0.05) is 5.56 Å². The normalized spacial score (nSPS) is 10.2. The molecule has 1 aromatic heterocycles. The van der Waals surface area contributed by atoms with Gasteiger partial charge in [-0.05, 0) is 6.07 Å². The van der Waals surface area contributed by atoms with E-state index in [1.54, 1.807) is 18.1 Å². The van der Waals surface area contributed by atoms with Gasteiger partial charge in [0.1, 0.15) is 12.1 Å². The summed E-state index contributed by atoms with van der Waals surface area (Å²) in [6.45, 7) is 0.605. The van der Waals surface area contributed by atoms with Crippen molar-refractivity contribution in [3.63, 3.8) is 0 Å². The summed E-state index contributed by atoms with van der Waals surface area (Å²) in [5.41, 5.74) is 6.47. The van der Waals surface area contributed by atoms with Crippen molar-refractivity contribution in [2.45, 2.75) is 6.54 Å². The van der Waals surface area contributed by atoms with Gasteiger partial charge in [-0.2, -0.15) is 0 Å². The predicted molar refractivity (Wildman–Crippen MR) is 56.5 cm³/mol. The fourth-order valence-electron chi connectivity index (χ4n) is 1.39. The molecule has 0 aliphatic carbocycles. The van der Waals surface area contributed by atoms with E-state index in [0.717, 1.165) is 11.3 Å². The Morgan fingerprint density at radius 2 is 2.20 bits per heavy atom. The fourth-order valence-corrected chi connectivity index (χ4v) is 1.39. The molecule has 15 heavy (non-hydrogen) atoms. The van der Waals surface area contributed by atoms with E-state index < -0.39 is 0 Å². The molecule has 1 heterocycles. The first kappa shape index (κ1) is 9.51. The molecule has 0 aliphatic heterocycles. The summed E-state index contributed by atoms with van der Waals surface area (Å²) >= 11 is 0. The first-order chi connectivity index (χ1) is 7.29. The molecule has 0 spiro atoms. The van der Waals surface area contributed by atoms with Crippen LogP contribution in [0.5, 0.6) is 5.75 Å². The molecule has 0 bridgehead atoms. The van der Waals surface area contributed by atoms with Crippen LogP contribution in [-0.4, -0.2) is 21.9 Å². The van der Waals surface area contributed by atoms with Crippen LogP contribution in [0.1, 0.15) is 5.56 Å². The number of rotatable bonds is 3. The molecule has 1 aromatic carbocycles. The highest BCUT2D eigenvalue weighted by Crippen LogP contribution is 2.17. The van der Waals surface area contributed by atoms with Crippen molar-refractivity contribution in [3.05, 3.63) is 36.2 Å². The second kappa shape index (κ2) is 4.00. The van der Waals surface area contributed by atoms with Crippen LogP contribution in [0.4, 0.5) is 5.95 Å². The van der Waals surface area contributed by atoms with E-state index in [4.69, 9.17) is 10.5 Å². The van der Waals surface area contributed by atoms with Crippen LogP contribution in [0.2, 0.25) is 0 Å². The monoisotopic (exact) mass is 204 g/mol. The van der Waals surface area contributed by atoms with E-state index in [-0.39, 0.29) is 5.95 Å². The quantitative estimate of drug-likeness (QED) is 0.807. The summed E-state index contributed by atoms with van der Waals surface area (Å²) in [6, 6.07) is 7.78. The van der Waals surface area contributed by atoms with Crippen LogP contribution < -0.4 is 10.5 Å². The zero-order valence-electron chi connectivity index (χ0n) is 8.42. The van der Waals surface area contributed by atoms with E-state index in [2.05, 4.69) is 10.1 Å². The molecule has 0 unspecified atom stereocenters.